The molecule has 21 heavy (non-hydrogen) atoms. The van der Waals surface area contributed by atoms with Gasteiger partial charge in [0.05, 0.1) is 12.1 Å². The predicted octanol–water partition coefficient (Wildman–Crippen LogP) is 4.12. The number of nitrogens with one attached hydrogen (secondary N) is 1. The second-order valence-electron chi connectivity index (χ2n) is 5.39. The second kappa shape index (κ2) is 7.41. The van der Waals surface area contributed by atoms with Crippen LogP contribution >= 0.6 is 0 Å². The summed E-state index contributed by atoms with van der Waals surface area (Å²) in [5, 5.41) is 4.82. The van der Waals surface area contributed by atoms with Gasteiger partial charge >= 0.3 is 0 Å². The largest absolute Gasteiger partial charge is 0.384 e. The quantitative estimate of drug-likeness (QED) is 0.831. The van der Waals surface area contributed by atoms with E-state index in [1.54, 1.807) is 7.11 Å². The van der Waals surface area contributed by atoms with Gasteiger partial charge in [-0.25, -0.2) is 0 Å². The maximum absolute atomic E-state index is 5.23. The Morgan fingerprint density at radius 1 is 1.24 bits per heavy atom. The molecule has 0 fully saturated rings. The topological polar surface area (TPSA) is 34.2 Å². The number of nitrogens with zero attached hydrogens (tertiary/aromatic N) is 1. The summed E-state index contributed by atoms with van der Waals surface area (Å²) < 4.78 is 5.23. The molecule has 2 aromatic rings. The Kier molecular flexibility index (Phi) is 5.57. The monoisotopic (exact) mass is 286 g/mol. The molecule has 0 bridgehead atoms. The molecule has 0 unspecified atom stereocenters. The van der Waals surface area contributed by atoms with Crippen molar-refractivity contribution in [1.29, 1.82) is 0 Å². The van der Waals surface area contributed by atoms with Gasteiger partial charge in [0.2, 0.25) is 0 Å². The van der Waals surface area contributed by atoms with Crippen LogP contribution in [0, 0.1) is 6.92 Å². The molecule has 0 saturated heterocycles. The number of para-hydroxylation sites is 1. The predicted molar refractivity (Wildman–Crippen MR) is 90.2 cm³/mol. The van der Waals surface area contributed by atoms with E-state index in [-0.39, 0.29) is 0 Å². The van der Waals surface area contributed by atoms with Gasteiger partial charge in [0.25, 0.3) is 0 Å². The maximum atomic E-state index is 5.23. The van der Waals surface area contributed by atoms with Crippen molar-refractivity contribution in [3.63, 3.8) is 0 Å². The standard InChI is InChI=1S/C18H26N2O/c1-5-11-19-17-13(3)16(6-2)20-18-14(10-12-21-4)8-7-9-15(17)18/h7-9H,5-6,10-12H2,1-4H3,(H,19,20). The van der Waals surface area contributed by atoms with Crippen LogP contribution in [0.5, 0.6) is 0 Å². The number of aryl methyl sites for hydroxylation is 1. The molecule has 0 amide bonds. The molecule has 114 valence electrons. The zero-order chi connectivity index (χ0) is 15.2. The highest BCUT2D eigenvalue weighted by atomic mass is 16.5. The van der Waals surface area contributed by atoms with Crippen LogP contribution in [0.2, 0.25) is 0 Å². The van der Waals surface area contributed by atoms with Crippen molar-refractivity contribution < 1.29 is 4.74 Å². The SMILES string of the molecule is CCCNc1c(C)c(CC)nc2c(CCOC)cccc12. The molecule has 0 saturated carbocycles. The molecule has 0 aliphatic carbocycles. The lowest BCUT2D eigenvalue weighted by Gasteiger charge is -2.17. The molecular weight excluding hydrogens is 260 g/mol. The van der Waals surface area contributed by atoms with Gasteiger partial charge < -0.3 is 10.1 Å². The third kappa shape index (κ3) is 3.35. The molecule has 0 spiro atoms. The summed E-state index contributed by atoms with van der Waals surface area (Å²) >= 11 is 0. The number of hydrogen-bond donors (Lipinski definition) is 1. The number of pyridine rings is 1. The molecule has 1 heterocycles. The van der Waals surface area contributed by atoms with E-state index in [4.69, 9.17) is 9.72 Å². The number of fused-ring (bicyclic) bond motifs is 1. The van der Waals surface area contributed by atoms with Gasteiger partial charge in [0.1, 0.15) is 0 Å². The normalized spacial score (nSPS) is 11.0. The van der Waals surface area contributed by atoms with Crippen LogP contribution in [0.1, 0.15) is 37.1 Å². The third-order valence-electron chi connectivity index (χ3n) is 3.91. The van der Waals surface area contributed by atoms with Crippen molar-refractivity contribution >= 4 is 16.6 Å². The summed E-state index contributed by atoms with van der Waals surface area (Å²) in [5.41, 5.74) is 6.10. The second-order valence-corrected chi connectivity index (χ2v) is 5.39. The lowest BCUT2D eigenvalue weighted by atomic mass is 10.0. The minimum absolute atomic E-state index is 0.730. The number of rotatable bonds is 7. The molecule has 3 heteroatoms. The van der Waals surface area contributed by atoms with Gasteiger partial charge in [-0.1, -0.05) is 32.0 Å². The fourth-order valence-electron chi connectivity index (χ4n) is 2.73. The molecule has 1 aromatic heterocycles. The zero-order valence-corrected chi connectivity index (χ0v) is 13.6. The Bertz CT molecular complexity index is 608. The molecule has 1 N–H and O–H groups in total. The van der Waals surface area contributed by atoms with E-state index in [0.29, 0.717) is 0 Å². The fraction of sp³-hybridized carbons (Fsp3) is 0.500. The highest BCUT2D eigenvalue weighted by Gasteiger charge is 2.12. The summed E-state index contributed by atoms with van der Waals surface area (Å²) in [6.07, 6.45) is 2.98. The van der Waals surface area contributed by atoms with E-state index >= 15 is 0 Å². The lowest BCUT2D eigenvalue weighted by molar-refractivity contribution is 0.202. The molecule has 1 aromatic carbocycles. The summed E-state index contributed by atoms with van der Waals surface area (Å²) in [6.45, 7) is 8.25. The van der Waals surface area contributed by atoms with Gasteiger partial charge in [-0.3, -0.25) is 4.98 Å². The molecule has 0 radical (unpaired) electrons. The van der Waals surface area contributed by atoms with Crippen LogP contribution in [0.3, 0.4) is 0 Å². The number of methoxy groups -OCH3 is 1. The van der Waals surface area contributed by atoms with Crippen LogP contribution < -0.4 is 5.32 Å². The first-order chi connectivity index (χ1) is 10.2. The smallest absolute Gasteiger partial charge is 0.0759 e. The molecule has 0 atom stereocenters. The first-order valence-corrected chi connectivity index (χ1v) is 7.86. The van der Waals surface area contributed by atoms with E-state index in [0.717, 1.165) is 37.9 Å². The Balaban J connectivity index is 2.60. The Morgan fingerprint density at radius 2 is 2.05 bits per heavy atom. The van der Waals surface area contributed by atoms with Crippen LogP contribution in [-0.2, 0) is 17.6 Å². The van der Waals surface area contributed by atoms with Crippen LogP contribution in [0.25, 0.3) is 10.9 Å². The molecule has 2 rings (SSSR count). The average Bonchev–Trinajstić information content (AvgIpc) is 2.51. The van der Waals surface area contributed by atoms with E-state index in [1.165, 1.54) is 27.9 Å². The van der Waals surface area contributed by atoms with Crippen molar-refractivity contribution in [3.8, 4) is 0 Å². The number of anilines is 1. The molecule has 0 aliphatic heterocycles. The van der Waals surface area contributed by atoms with Crippen LogP contribution in [0.4, 0.5) is 5.69 Å². The molecule has 3 nitrogen and oxygen atoms in total. The van der Waals surface area contributed by atoms with Gasteiger partial charge in [-0.05, 0) is 37.3 Å². The van der Waals surface area contributed by atoms with E-state index in [1.807, 2.05) is 0 Å². The van der Waals surface area contributed by atoms with E-state index in [9.17, 15) is 0 Å². The van der Waals surface area contributed by atoms with Crippen molar-refractivity contribution in [2.45, 2.75) is 40.0 Å². The van der Waals surface area contributed by atoms with Crippen molar-refractivity contribution in [1.82, 2.24) is 4.98 Å². The summed E-state index contributed by atoms with van der Waals surface area (Å²) in [4.78, 5) is 4.92. The van der Waals surface area contributed by atoms with Crippen molar-refractivity contribution in [2.24, 2.45) is 0 Å². The molecule has 0 aliphatic rings. The lowest BCUT2D eigenvalue weighted by Crippen LogP contribution is -2.07. The van der Waals surface area contributed by atoms with Gasteiger partial charge in [0, 0.05) is 30.4 Å². The van der Waals surface area contributed by atoms with Gasteiger partial charge in [-0.15, -0.1) is 0 Å². The number of benzene rings is 1. The Hall–Kier alpha value is -1.61. The van der Waals surface area contributed by atoms with Crippen molar-refractivity contribution in [3.05, 3.63) is 35.0 Å². The van der Waals surface area contributed by atoms with Crippen molar-refractivity contribution in [2.75, 3.05) is 25.6 Å². The highest BCUT2D eigenvalue weighted by Crippen LogP contribution is 2.30. The Morgan fingerprint density at radius 3 is 2.71 bits per heavy atom. The first-order valence-electron chi connectivity index (χ1n) is 7.86. The zero-order valence-electron chi connectivity index (χ0n) is 13.6. The van der Waals surface area contributed by atoms with Crippen LogP contribution in [0.15, 0.2) is 18.2 Å². The fourth-order valence-corrected chi connectivity index (χ4v) is 2.73. The van der Waals surface area contributed by atoms with Gasteiger partial charge in [0.15, 0.2) is 0 Å². The summed E-state index contributed by atoms with van der Waals surface area (Å²) in [5.74, 6) is 0. The van der Waals surface area contributed by atoms with E-state index < -0.39 is 0 Å². The first kappa shape index (κ1) is 15.8. The molecular formula is C18H26N2O. The third-order valence-corrected chi connectivity index (χ3v) is 3.91. The summed E-state index contributed by atoms with van der Waals surface area (Å²) in [7, 11) is 1.74. The van der Waals surface area contributed by atoms with E-state index in [2.05, 4.69) is 44.3 Å². The highest BCUT2D eigenvalue weighted by molar-refractivity contribution is 5.95. The average molecular weight is 286 g/mol. The minimum Gasteiger partial charge on any atom is -0.384 e. The van der Waals surface area contributed by atoms with Crippen LogP contribution in [-0.4, -0.2) is 25.2 Å². The number of aromatic nitrogens is 1. The Labute approximate surface area is 127 Å². The number of hydrogen-bond acceptors (Lipinski definition) is 3. The number of ether oxygens (including phenoxy) is 1. The maximum Gasteiger partial charge on any atom is 0.0759 e. The van der Waals surface area contributed by atoms with Gasteiger partial charge in [-0.2, -0.15) is 0 Å². The summed E-state index contributed by atoms with van der Waals surface area (Å²) in [6, 6.07) is 6.45. The minimum atomic E-state index is 0.730.